The maximum absolute atomic E-state index is 8.99. The molecule has 0 saturated heterocycles. The SMILES string of the molecule is CCCCCc1nc(C#N)c(C#N)nc1NCCC. The van der Waals surface area contributed by atoms with Gasteiger partial charge in [-0.05, 0) is 19.3 Å². The van der Waals surface area contributed by atoms with Crippen LogP contribution in [0.3, 0.4) is 0 Å². The largest absolute Gasteiger partial charge is 0.369 e. The van der Waals surface area contributed by atoms with E-state index in [4.69, 9.17) is 10.5 Å². The van der Waals surface area contributed by atoms with E-state index in [1.807, 2.05) is 12.1 Å². The molecule has 0 aliphatic rings. The summed E-state index contributed by atoms with van der Waals surface area (Å²) in [4.78, 5) is 8.50. The van der Waals surface area contributed by atoms with Crippen molar-refractivity contribution in [1.29, 1.82) is 10.5 Å². The van der Waals surface area contributed by atoms with Gasteiger partial charge in [0.1, 0.15) is 18.0 Å². The molecule has 5 heteroatoms. The van der Waals surface area contributed by atoms with Crippen molar-refractivity contribution in [1.82, 2.24) is 9.97 Å². The Morgan fingerprint density at radius 3 is 2.26 bits per heavy atom. The number of rotatable bonds is 7. The Labute approximate surface area is 114 Å². The first-order valence-electron chi connectivity index (χ1n) is 6.71. The highest BCUT2D eigenvalue weighted by molar-refractivity contribution is 5.47. The Morgan fingerprint density at radius 2 is 1.68 bits per heavy atom. The molecular formula is C14H19N5. The number of nitrogens with zero attached hydrogens (tertiary/aromatic N) is 4. The minimum absolute atomic E-state index is 0.0975. The van der Waals surface area contributed by atoms with Crippen LogP contribution in [-0.4, -0.2) is 16.5 Å². The molecule has 19 heavy (non-hydrogen) atoms. The van der Waals surface area contributed by atoms with Crippen molar-refractivity contribution in [2.24, 2.45) is 0 Å². The molecule has 0 fully saturated rings. The molecule has 0 atom stereocenters. The molecule has 1 rings (SSSR count). The van der Waals surface area contributed by atoms with E-state index >= 15 is 0 Å². The van der Waals surface area contributed by atoms with Crippen LogP contribution in [0.5, 0.6) is 0 Å². The summed E-state index contributed by atoms with van der Waals surface area (Å²) in [7, 11) is 0. The third-order valence-corrected chi connectivity index (χ3v) is 2.74. The number of unbranched alkanes of at least 4 members (excludes halogenated alkanes) is 2. The second-order valence-electron chi connectivity index (χ2n) is 4.32. The zero-order valence-corrected chi connectivity index (χ0v) is 11.5. The van der Waals surface area contributed by atoms with Gasteiger partial charge in [0.25, 0.3) is 0 Å². The Kier molecular flexibility index (Phi) is 6.32. The third kappa shape index (κ3) is 4.22. The van der Waals surface area contributed by atoms with Crippen LogP contribution in [-0.2, 0) is 6.42 Å². The topological polar surface area (TPSA) is 85.4 Å². The lowest BCUT2D eigenvalue weighted by molar-refractivity contribution is 0.704. The molecule has 0 bridgehead atoms. The van der Waals surface area contributed by atoms with E-state index in [1.165, 1.54) is 0 Å². The zero-order valence-electron chi connectivity index (χ0n) is 11.5. The summed E-state index contributed by atoms with van der Waals surface area (Å²) in [6, 6.07) is 3.86. The summed E-state index contributed by atoms with van der Waals surface area (Å²) >= 11 is 0. The van der Waals surface area contributed by atoms with E-state index in [9.17, 15) is 0 Å². The molecule has 1 heterocycles. The maximum Gasteiger partial charge on any atom is 0.179 e. The molecule has 0 radical (unpaired) electrons. The molecule has 1 N–H and O–H groups in total. The van der Waals surface area contributed by atoms with Crippen LogP contribution in [0.2, 0.25) is 0 Å². The van der Waals surface area contributed by atoms with Crippen LogP contribution in [0.15, 0.2) is 0 Å². The lowest BCUT2D eigenvalue weighted by atomic mass is 10.1. The number of hydrogen-bond acceptors (Lipinski definition) is 5. The summed E-state index contributed by atoms with van der Waals surface area (Å²) < 4.78 is 0. The van der Waals surface area contributed by atoms with Gasteiger partial charge in [0, 0.05) is 6.54 Å². The van der Waals surface area contributed by atoms with Crippen molar-refractivity contribution in [2.45, 2.75) is 46.0 Å². The average Bonchev–Trinajstić information content (AvgIpc) is 2.45. The first-order valence-corrected chi connectivity index (χ1v) is 6.71. The normalized spacial score (nSPS) is 9.68. The summed E-state index contributed by atoms with van der Waals surface area (Å²) in [5.74, 6) is 0.647. The molecular weight excluding hydrogens is 238 g/mol. The average molecular weight is 257 g/mol. The molecule has 0 saturated carbocycles. The monoisotopic (exact) mass is 257 g/mol. The van der Waals surface area contributed by atoms with Gasteiger partial charge in [0.15, 0.2) is 11.4 Å². The minimum atomic E-state index is 0.0975. The van der Waals surface area contributed by atoms with Gasteiger partial charge in [-0.3, -0.25) is 0 Å². The van der Waals surface area contributed by atoms with Gasteiger partial charge in [0.05, 0.1) is 5.69 Å². The summed E-state index contributed by atoms with van der Waals surface area (Å²) in [6.45, 7) is 4.99. The summed E-state index contributed by atoms with van der Waals surface area (Å²) in [5.41, 5.74) is 1.01. The fourth-order valence-corrected chi connectivity index (χ4v) is 1.73. The van der Waals surface area contributed by atoms with E-state index < -0.39 is 0 Å². The molecule has 5 nitrogen and oxygen atoms in total. The Balaban J connectivity index is 3.02. The van der Waals surface area contributed by atoms with Gasteiger partial charge >= 0.3 is 0 Å². The standard InChI is InChI=1S/C14H19N5/c1-3-5-6-7-11-14(17-8-4-2)19-13(10-16)12(9-15)18-11/h3-8H2,1-2H3,(H,17,19). The van der Waals surface area contributed by atoms with Crippen molar-refractivity contribution in [2.75, 3.05) is 11.9 Å². The molecule has 0 aliphatic heterocycles. The van der Waals surface area contributed by atoms with E-state index in [1.54, 1.807) is 0 Å². The van der Waals surface area contributed by atoms with E-state index in [0.29, 0.717) is 5.82 Å². The first-order chi connectivity index (χ1) is 9.26. The first kappa shape index (κ1) is 14.9. The Morgan fingerprint density at radius 1 is 1.00 bits per heavy atom. The van der Waals surface area contributed by atoms with Crippen molar-refractivity contribution >= 4 is 5.82 Å². The van der Waals surface area contributed by atoms with Crippen molar-refractivity contribution < 1.29 is 0 Å². The van der Waals surface area contributed by atoms with E-state index in [0.717, 1.165) is 44.3 Å². The number of nitrogens with one attached hydrogen (secondary N) is 1. The van der Waals surface area contributed by atoms with Crippen LogP contribution >= 0.6 is 0 Å². The minimum Gasteiger partial charge on any atom is -0.369 e. The van der Waals surface area contributed by atoms with Crippen LogP contribution in [0.4, 0.5) is 5.82 Å². The lowest BCUT2D eigenvalue weighted by Crippen LogP contribution is -2.10. The van der Waals surface area contributed by atoms with Gasteiger partial charge in [0.2, 0.25) is 0 Å². The zero-order chi connectivity index (χ0) is 14.1. The van der Waals surface area contributed by atoms with Crippen LogP contribution in [0.25, 0.3) is 0 Å². The van der Waals surface area contributed by atoms with Gasteiger partial charge in [-0.15, -0.1) is 0 Å². The lowest BCUT2D eigenvalue weighted by Gasteiger charge is -2.10. The second kappa shape index (κ2) is 8.05. The molecule has 0 aromatic carbocycles. The number of nitriles is 2. The van der Waals surface area contributed by atoms with Crippen molar-refractivity contribution in [3.8, 4) is 12.1 Å². The maximum atomic E-state index is 8.99. The van der Waals surface area contributed by atoms with Gasteiger partial charge < -0.3 is 5.32 Å². The Hall–Kier alpha value is -2.14. The van der Waals surface area contributed by atoms with Gasteiger partial charge in [-0.25, -0.2) is 9.97 Å². The highest BCUT2D eigenvalue weighted by Gasteiger charge is 2.12. The van der Waals surface area contributed by atoms with Crippen LogP contribution in [0, 0.1) is 22.7 Å². The molecule has 0 aliphatic carbocycles. The number of hydrogen-bond donors (Lipinski definition) is 1. The highest BCUT2D eigenvalue weighted by atomic mass is 15.0. The van der Waals surface area contributed by atoms with Crippen LogP contribution < -0.4 is 5.32 Å². The predicted octanol–water partition coefficient (Wildman–Crippen LogP) is 2.77. The molecule has 0 amide bonds. The number of aryl methyl sites for hydroxylation is 1. The molecule has 1 aromatic heterocycles. The van der Waals surface area contributed by atoms with Crippen molar-refractivity contribution in [3.63, 3.8) is 0 Å². The molecule has 1 aromatic rings. The molecule has 0 spiro atoms. The second-order valence-corrected chi connectivity index (χ2v) is 4.32. The Bertz CT molecular complexity index is 496. The fourth-order valence-electron chi connectivity index (χ4n) is 1.73. The molecule has 0 unspecified atom stereocenters. The third-order valence-electron chi connectivity index (χ3n) is 2.74. The van der Waals surface area contributed by atoms with Crippen molar-refractivity contribution in [3.05, 3.63) is 17.1 Å². The summed E-state index contributed by atoms with van der Waals surface area (Å²) in [6.07, 6.45) is 5.03. The fraction of sp³-hybridized carbons (Fsp3) is 0.571. The van der Waals surface area contributed by atoms with Gasteiger partial charge in [-0.2, -0.15) is 10.5 Å². The van der Waals surface area contributed by atoms with Gasteiger partial charge in [-0.1, -0.05) is 26.7 Å². The predicted molar refractivity (Wildman–Crippen MR) is 73.5 cm³/mol. The highest BCUT2D eigenvalue weighted by Crippen LogP contribution is 2.16. The van der Waals surface area contributed by atoms with E-state index in [2.05, 4.69) is 29.1 Å². The number of anilines is 1. The van der Waals surface area contributed by atoms with Crippen LogP contribution in [0.1, 0.15) is 56.6 Å². The molecule has 100 valence electrons. The summed E-state index contributed by atoms with van der Waals surface area (Å²) in [5, 5.41) is 21.1. The quantitative estimate of drug-likeness (QED) is 0.759. The smallest absolute Gasteiger partial charge is 0.179 e. The van der Waals surface area contributed by atoms with E-state index in [-0.39, 0.29) is 11.4 Å². The number of aromatic nitrogens is 2.